The SMILES string of the molecule is COC(=O)c1cncc(N2CCC(C(C)C)C2)n1. The molecule has 1 saturated heterocycles. The Morgan fingerprint density at radius 3 is 2.89 bits per heavy atom. The molecular weight excluding hydrogens is 230 g/mol. The summed E-state index contributed by atoms with van der Waals surface area (Å²) in [6, 6.07) is 0. The van der Waals surface area contributed by atoms with Crippen molar-refractivity contribution in [3.63, 3.8) is 0 Å². The van der Waals surface area contributed by atoms with Gasteiger partial charge in [0.25, 0.3) is 0 Å². The molecule has 1 aromatic rings. The lowest BCUT2D eigenvalue weighted by molar-refractivity contribution is 0.0593. The molecule has 1 aliphatic heterocycles. The lowest BCUT2D eigenvalue weighted by Crippen LogP contribution is -2.23. The molecule has 98 valence electrons. The fraction of sp³-hybridized carbons (Fsp3) is 0.615. The molecule has 2 rings (SSSR count). The van der Waals surface area contributed by atoms with Crippen molar-refractivity contribution in [2.75, 3.05) is 25.1 Å². The minimum Gasteiger partial charge on any atom is -0.464 e. The van der Waals surface area contributed by atoms with E-state index in [9.17, 15) is 4.79 Å². The van der Waals surface area contributed by atoms with Gasteiger partial charge in [-0.3, -0.25) is 4.98 Å². The summed E-state index contributed by atoms with van der Waals surface area (Å²) in [5.74, 6) is 1.69. The van der Waals surface area contributed by atoms with Gasteiger partial charge in [-0.15, -0.1) is 0 Å². The second kappa shape index (κ2) is 5.33. The first-order chi connectivity index (χ1) is 8.61. The standard InChI is InChI=1S/C13H19N3O2/c1-9(2)10-4-5-16(8-10)12-7-14-6-11(15-12)13(17)18-3/h6-7,9-10H,4-5,8H2,1-3H3. The zero-order valence-corrected chi connectivity index (χ0v) is 11.1. The monoisotopic (exact) mass is 249 g/mol. The third-order valence-electron chi connectivity index (χ3n) is 3.51. The van der Waals surface area contributed by atoms with Crippen LogP contribution in [0.25, 0.3) is 0 Å². The van der Waals surface area contributed by atoms with E-state index in [1.807, 2.05) is 0 Å². The molecule has 0 bridgehead atoms. The van der Waals surface area contributed by atoms with E-state index in [4.69, 9.17) is 0 Å². The predicted octanol–water partition coefficient (Wildman–Crippen LogP) is 1.75. The van der Waals surface area contributed by atoms with Crippen LogP contribution in [0, 0.1) is 11.8 Å². The topological polar surface area (TPSA) is 55.3 Å². The van der Waals surface area contributed by atoms with Gasteiger partial charge in [0.1, 0.15) is 5.82 Å². The molecule has 0 radical (unpaired) electrons. The van der Waals surface area contributed by atoms with Gasteiger partial charge in [-0.2, -0.15) is 0 Å². The number of rotatable bonds is 3. The van der Waals surface area contributed by atoms with Crippen molar-refractivity contribution < 1.29 is 9.53 Å². The summed E-state index contributed by atoms with van der Waals surface area (Å²) in [5.41, 5.74) is 0.267. The van der Waals surface area contributed by atoms with E-state index in [0.29, 0.717) is 11.8 Å². The molecule has 0 aliphatic carbocycles. The van der Waals surface area contributed by atoms with Crippen molar-refractivity contribution in [2.45, 2.75) is 20.3 Å². The average Bonchev–Trinajstić information content (AvgIpc) is 2.88. The molecule has 0 N–H and O–H groups in total. The van der Waals surface area contributed by atoms with Gasteiger partial charge in [0, 0.05) is 13.1 Å². The molecule has 0 aromatic carbocycles. The second-order valence-corrected chi connectivity index (χ2v) is 4.99. The largest absolute Gasteiger partial charge is 0.464 e. The maximum absolute atomic E-state index is 11.4. The van der Waals surface area contributed by atoms with Gasteiger partial charge in [0.15, 0.2) is 5.69 Å². The Balaban J connectivity index is 2.12. The molecule has 2 heterocycles. The van der Waals surface area contributed by atoms with Crippen molar-refractivity contribution in [1.29, 1.82) is 0 Å². The minimum atomic E-state index is -0.441. The first-order valence-corrected chi connectivity index (χ1v) is 6.27. The minimum absolute atomic E-state index is 0.267. The fourth-order valence-corrected chi connectivity index (χ4v) is 2.25. The summed E-state index contributed by atoms with van der Waals surface area (Å²) in [6.07, 6.45) is 4.31. The Bertz CT molecular complexity index is 434. The number of hydrogen-bond donors (Lipinski definition) is 0. The Kier molecular flexibility index (Phi) is 3.79. The highest BCUT2D eigenvalue weighted by molar-refractivity contribution is 5.87. The van der Waals surface area contributed by atoms with Crippen LogP contribution in [0.4, 0.5) is 5.82 Å². The van der Waals surface area contributed by atoms with Crippen molar-refractivity contribution in [1.82, 2.24) is 9.97 Å². The number of hydrogen-bond acceptors (Lipinski definition) is 5. The molecule has 5 nitrogen and oxygen atoms in total. The molecule has 1 fully saturated rings. The van der Waals surface area contributed by atoms with Crippen LogP contribution in [0.15, 0.2) is 12.4 Å². The summed E-state index contributed by atoms with van der Waals surface area (Å²) in [7, 11) is 1.35. The Morgan fingerprint density at radius 2 is 2.28 bits per heavy atom. The number of aromatic nitrogens is 2. The maximum atomic E-state index is 11.4. The quantitative estimate of drug-likeness (QED) is 0.764. The van der Waals surface area contributed by atoms with Crippen LogP contribution in [0.2, 0.25) is 0 Å². The highest BCUT2D eigenvalue weighted by atomic mass is 16.5. The molecule has 18 heavy (non-hydrogen) atoms. The number of methoxy groups -OCH3 is 1. The summed E-state index contributed by atoms with van der Waals surface area (Å²) in [4.78, 5) is 22.0. The summed E-state index contributed by atoms with van der Waals surface area (Å²) in [5, 5.41) is 0. The molecule has 1 unspecified atom stereocenters. The smallest absolute Gasteiger partial charge is 0.358 e. The second-order valence-electron chi connectivity index (χ2n) is 4.99. The number of carbonyl (C=O) groups is 1. The molecule has 1 aromatic heterocycles. The van der Waals surface area contributed by atoms with E-state index in [1.165, 1.54) is 19.7 Å². The number of ether oxygens (including phenoxy) is 1. The molecule has 5 heteroatoms. The maximum Gasteiger partial charge on any atom is 0.358 e. The zero-order chi connectivity index (χ0) is 13.1. The van der Waals surface area contributed by atoms with Gasteiger partial charge in [0.2, 0.25) is 0 Å². The normalized spacial score (nSPS) is 19.3. The van der Waals surface area contributed by atoms with E-state index in [-0.39, 0.29) is 5.69 Å². The lowest BCUT2D eigenvalue weighted by Gasteiger charge is -2.18. The zero-order valence-electron chi connectivity index (χ0n) is 11.1. The van der Waals surface area contributed by atoms with Crippen molar-refractivity contribution >= 4 is 11.8 Å². The Hall–Kier alpha value is -1.65. The van der Waals surface area contributed by atoms with Gasteiger partial charge >= 0.3 is 5.97 Å². The molecule has 0 spiro atoms. The Labute approximate surface area is 107 Å². The number of anilines is 1. The predicted molar refractivity (Wildman–Crippen MR) is 68.5 cm³/mol. The first-order valence-electron chi connectivity index (χ1n) is 6.27. The number of esters is 1. The third kappa shape index (κ3) is 2.60. The molecule has 1 atom stereocenters. The van der Waals surface area contributed by atoms with Crippen molar-refractivity contribution in [3.05, 3.63) is 18.1 Å². The fourth-order valence-electron chi connectivity index (χ4n) is 2.25. The van der Waals surface area contributed by atoms with Crippen LogP contribution in [-0.4, -0.2) is 36.1 Å². The third-order valence-corrected chi connectivity index (χ3v) is 3.51. The van der Waals surface area contributed by atoms with Crippen LogP contribution in [0.5, 0.6) is 0 Å². The Morgan fingerprint density at radius 1 is 1.50 bits per heavy atom. The van der Waals surface area contributed by atoms with E-state index in [2.05, 4.69) is 33.5 Å². The lowest BCUT2D eigenvalue weighted by atomic mass is 9.95. The molecule has 1 aliphatic rings. The molecule has 0 amide bonds. The van der Waals surface area contributed by atoms with Gasteiger partial charge in [-0.05, 0) is 18.3 Å². The van der Waals surface area contributed by atoms with Crippen LogP contribution in [0.3, 0.4) is 0 Å². The van der Waals surface area contributed by atoms with Gasteiger partial charge in [-0.1, -0.05) is 13.8 Å². The number of carbonyl (C=O) groups excluding carboxylic acids is 1. The summed E-state index contributed by atoms with van der Waals surface area (Å²) in [6.45, 7) is 6.44. The van der Waals surface area contributed by atoms with Crippen LogP contribution >= 0.6 is 0 Å². The highest BCUT2D eigenvalue weighted by Gasteiger charge is 2.26. The number of nitrogens with zero attached hydrogens (tertiary/aromatic N) is 3. The van der Waals surface area contributed by atoms with Gasteiger partial charge in [-0.25, -0.2) is 9.78 Å². The molecular formula is C13H19N3O2. The van der Waals surface area contributed by atoms with Gasteiger partial charge in [0.05, 0.1) is 19.5 Å². The van der Waals surface area contributed by atoms with E-state index < -0.39 is 5.97 Å². The summed E-state index contributed by atoms with van der Waals surface area (Å²) < 4.78 is 4.65. The van der Waals surface area contributed by atoms with Crippen molar-refractivity contribution in [3.8, 4) is 0 Å². The van der Waals surface area contributed by atoms with Gasteiger partial charge < -0.3 is 9.64 Å². The van der Waals surface area contributed by atoms with E-state index in [0.717, 1.165) is 18.9 Å². The molecule has 0 saturated carbocycles. The van der Waals surface area contributed by atoms with E-state index in [1.54, 1.807) is 6.20 Å². The van der Waals surface area contributed by atoms with E-state index >= 15 is 0 Å². The van der Waals surface area contributed by atoms with Crippen LogP contribution in [-0.2, 0) is 4.74 Å². The first kappa shape index (κ1) is 12.8. The summed E-state index contributed by atoms with van der Waals surface area (Å²) >= 11 is 0. The van der Waals surface area contributed by atoms with Crippen LogP contribution < -0.4 is 4.90 Å². The average molecular weight is 249 g/mol. The van der Waals surface area contributed by atoms with Crippen molar-refractivity contribution in [2.24, 2.45) is 11.8 Å². The highest BCUT2D eigenvalue weighted by Crippen LogP contribution is 2.26. The van der Waals surface area contributed by atoms with Crippen LogP contribution in [0.1, 0.15) is 30.8 Å².